The fraction of sp³-hybridized carbons (Fsp3) is 0.250. The lowest BCUT2D eigenvalue weighted by atomic mass is 10.1. The molecule has 0 amide bonds. The minimum Gasteiger partial charge on any atom is -0.512 e. The summed E-state index contributed by atoms with van der Waals surface area (Å²) in [5.74, 6) is 0.706. The number of hydrogen-bond donors (Lipinski definition) is 3. The molecule has 168 valence electrons. The van der Waals surface area contributed by atoms with E-state index in [4.69, 9.17) is 4.74 Å². The minimum atomic E-state index is -3.91. The highest BCUT2D eigenvalue weighted by Crippen LogP contribution is 2.41. The second-order valence-corrected chi connectivity index (χ2v) is 10.5. The fourth-order valence-electron chi connectivity index (χ4n) is 3.81. The first-order valence-corrected chi connectivity index (χ1v) is 12.8. The van der Waals surface area contributed by atoms with Gasteiger partial charge >= 0.3 is 0 Å². The lowest BCUT2D eigenvalue weighted by Crippen LogP contribution is -2.15. The van der Waals surface area contributed by atoms with Gasteiger partial charge in [-0.2, -0.15) is 0 Å². The molecule has 3 aromatic carbocycles. The topological polar surface area (TPSA) is 95.9 Å². The summed E-state index contributed by atoms with van der Waals surface area (Å²) in [4.78, 5) is 0.540. The number of rotatable bonds is 8. The molecular weight excluding hydrogens is 446 g/mol. The molecule has 6 nitrogen and oxygen atoms in total. The average Bonchev–Trinajstić information content (AvgIpc) is 3.28. The van der Waals surface area contributed by atoms with Crippen molar-refractivity contribution in [2.75, 3.05) is 10.5 Å². The SMILES string of the molecule is C=C(O)CSc1cc(NS(=O)(=O)c2cccc(OC3CCCC3)c2)c2ccccc2c1O. The average molecular weight is 472 g/mol. The van der Waals surface area contributed by atoms with Crippen LogP contribution in [0.25, 0.3) is 10.8 Å². The summed E-state index contributed by atoms with van der Waals surface area (Å²) in [5, 5.41) is 21.2. The first kappa shape index (κ1) is 22.4. The summed E-state index contributed by atoms with van der Waals surface area (Å²) in [5.41, 5.74) is 0.339. The fourth-order valence-corrected chi connectivity index (χ4v) is 5.68. The van der Waals surface area contributed by atoms with Crippen LogP contribution in [0.5, 0.6) is 11.5 Å². The van der Waals surface area contributed by atoms with Crippen molar-refractivity contribution in [1.82, 2.24) is 0 Å². The molecule has 0 aliphatic heterocycles. The molecule has 4 rings (SSSR count). The van der Waals surface area contributed by atoms with Crippen molar-refractivity contribution in [2.24, 2.45) is 0 Å². The van der Waals surface area contributed by atoms with E-state index in [0.717, 1.165) is 25.7 Å². The Bertz CT molecular complexity index is 1250. The molecule has 0 radical (unpaired) electrons. The van der Waals surface area contributed by atoms with Crippen LogP contribution >= 0.6 is 11.8 Å². The van der Waals surface area contributed by atoms with Gasteiger partial charge in [0.2, 0.25) is 0 Å². The van der Waals surface area contributed by atoms with Gasteiger partial charge in [0.1, 0.15) is 11.5 Å². The van der Waals surface area contributed by atoms with Crippen molar-refractivity contribution in [1.29, 1.82) is 0 Å². The van der Waals surface area contributed by atoms with Crippen LogP contribution in [0, 0.1) is 0 Å². The second kappa shape index (κ2) is 9.34. The number of fused-ring (bicyclic) bond motifs is 1. The van der Waals surface area contributed by atoms with E-state index in [1.54, 1.807) is 42.5 Å². The Morgan fingerprint density at radius 3 is 2.53 bits per heavy atom. The number of anilines is 1. The van der Waals surface area contributed by atoms with E-state index >= 15 is 0 Å². The van der Waals surface area contributed by atoms with Gasteiger partial charge in [-0.15, -0.1) is 11.8 Å². The molecule has 3 N–H and O–H groups in total. The largest absolute Gasteiger partial charge is 0.512 e. The molecule has 1 aliphatic carbocycles. The molecule has 1 aliphatic rings. The number of aromatic hydroxyl groups is 1. The Balaban J connectivity index is 1.67. The van der Waals surface area contributed by atoms with Gasteiger partial charge in [-0.1, -0.05) is 36.9 Å². The summed E-state index contributed by atoms with van der Waals surface area (Å²) < 4.78 is 35.0. The number of nitrogens with one attached hydrogen (secondary N) is 1. The molecule has 1 fully saturated rings. The Morgan fingerprint density at radius 1 is 1.09 bits per heavy atom. The van der Waals surface area contributed by atoms with Crippen molar-refractivity contribution in [3.8, 4) is 11.5 Å². The van der Waals surface area contributed by atoms with E-state index in [9.17, 15) is 18.6 Å². The number of phenols is 1. The van der Waals surface area contributed by atoms with Gasteiger partial charge in [0, 0.05) is 16.8 Å². The van der Waals surface area contributed by atoms with Crippen LogP contribution in [0.3, 0.4) is 0 Å². The van der Waals surface area contributed by atoms with Gasteiger partial charge in [0.15, 0.2) is 0 Å². The summed E-state index contributed by atoms with van der Waals surface area (Å²) in [6.07, 6.45) is 4.34. The number of benzene rings is 3. The maximum atomic E-state index is 13.2. The van der Waals surface area contributed by atoms with Crippen molar-refractivity contribution >= 4 is 38.2 Å². The molecular formula is C24H25NO5S2. The van der Waals surface area contributed by atoms with Crippen LogP contribution in [0.2, 0.25) is 0 Å². The zero-order chi connectivity index (χ0) is 22.7. The quantitative estimate of drug-likeness (QED) is 0.217. The first-order valence-electron chi connectivity index (χ1n) is 10.4. The normalized spacial score (nSPS) is 14.5. The lowest BCUT2D eigenvalue weighted by molar-refractivity contribution is 0.209. The van der Waals surface area contributed by atoms with Crippen molar-refractivity contribution in [3.05, 3.63) is 66.9 Å². The maximum absolute atomic E-state index is 13.2. The molecule has 0 atom stereocenters. The number of sulfonamides is 1. The number of hydrogen-bond acceptors (Lipinski definition) is 6. The smallest absolute Gasteiger partial charge is 0.262 e. The number of thioether (sulfide) groups is 1. The van der Waals surface area contributed by atoms with Crippen molar-refractivity contribution in [3.63, 3.8) is 0 Å². The molecule has 32 heavy (non-hydrogen) atoms. The lowest BCUT2D eigenvalue weighted by Gasteiger charge is -2.16. The highest BCUT2D eigenvalue weighted by Gasteiger charge is 2.21. The van der Waals surface area contributed by atoms with Gasteiger partial charge in [-0.3, -0.25) is 4.72 Å². The Labute approximate surface area is 192 Å². The Kier molecular flexibility index (Phi) is 6.53. The van der Waals surface area contributed by atoms with Crippen LogP contribution in [0.4, 0.5) is 5.69 Å². The highest BCUT2D eigenvalue weighted by molar-refractivity contribution is 7.99. The van der Waals surface area contributed by atoms with E-state index in [-0.39, 0.29) is 28.3 Å². The van der Waals surface area contributed by atoms with E-state index in [1.807, 2.05) is 0 Å². The van der Waals surface area contributed by atoms with E-state index in [2.05, 4.69) is 11.3 Å². The molecule has 0 aromatic heterocycles. The zero-order valence-electron chi connectivity index (χ0n) is 17.5. The third-order valence-corrected chi connectivity index (χ3v) is 7.80. The maximum Gasteiger partial charge on any atom is 0.262 e. The third-order valence-electron chi connectivity index (χ3n) is 5.34. The Hall–Kier alpha value is -2.84. The van der Waals surface area contributed by atoms with Gasteiger partial charge in [-0.05, 0) is 43.9 Å². The summed E-state index contributed by atoms with van der Waals surface area (Å²) in [6, 6.07) is 15.1. The molecule has 0 bridgehead atoms. The van der Waals surface area contributed by atoms with Gasteiger partial charge in [-0.25, -0.2) is 8.42 Å². The summed E-state index contributed by atoms with van der Waals surface area (Å²) >= 11 is 1.17. The van der Waals surface area contributed by atoms with E-state index < -0.39 is 10.0 Å². The van der Waals surface area contributed by atoms with Crippen molar-refractivity contribution < 1.29 is 23.4 Å². The molecule has 0 heterocycles. The molecule has 3 aromatic rings. The standard InChI is InChI=1S/C24H25NO5S2/c1-16(26)15-31-23-14-22(20-11-4-5-12-21(20)24(23)27)25-32(28,29)19-10-6-9-18(13-19)30-17-7-2-3-8-17/h4-6,9-14,17,25-27H,1-3,7-8,15H2. The predicted octanol–water partition coefficient (Wildman–Crippen LogP) is 5.83. The van der Waals surface area contributed by atoms with Crippen LogP contribution in [0.15, 0.2) is 76.7 Å². The minimum absolute atomic E-state index is 0.0294. The van der Waals surface area contributed by atoms with Crippen LogP contribution in [0.1, 0.15) is 25.7 Å². The van der Waals surface area contributed by atoms with Crippen LogP contribution in [-0.4, -0.2) is 30.5 Å². The number of ether oxygens (including phenoxy) is 1. The van der Waals surface area contributed by atoms with Crippen molar-refractivity contribution in [2.45, 2.75) is 41.6 Å². The number of phenolic OH excluding ortho intramolecular Hbond substituents is 1. The van der Waals surface area contributed by atoms with Crippen LogP contribution < -0.4 is 9.46 Å². The summed E-state index contributed by atoms with van der Waals surface area (Å²) in [6.45, 7) is 3.46. The zero-order valence-corrected chi connectivity index (χ0v) is 19.1. The molecule has 1 saturated carbocycles. The second-order valence-electron chi connectivity index (χ2n) is 7.78. The van der Waals surface area contributed by atoms with Gasteiger partial charge < -0.3 is 14.9 Å². The summed E-state index contributed by atoms with van der Waals surface area (Å²) in [7, 11) is -3.91. The molecule has 0 saturated heterocycles. The monoisotopic (exact) mass is 471 g/mol. The van der Waals surface area contributed by atoms with E-state index in [0.29, 0.717) is 27.1 Å². The molecule has 8 heteroatoms. The third kappa shape index (κ3) is 4.97. The Morgan fingerprint density at radius 2 is 1.81 bits per heavy atom. The number of aliphatic hydroxyl groups excluding tert-OH is 1. The number of aliphatic hydroxyl groups is 1. The highest BCUT2D eigenvalue weighted by atomic mass is 32.2. The van der Waals surface area contributed by atoms with Crippen LogP contribution in [-0.2, 0) is 10.0 Å². The predicted molar refractivity (Wildman–Crippen MR) is 128 cm³/mol. The van der Waals surface area contributed by atoms with Gasteiger partial charge in [0.05, 0.1) is 33.1 Å². The molecule has 0 spiro atoms. The van der Waals surface area contributed by atoms with E-state index in [1.165, 1.54) is 23.9 Å². The first-order chi connectivity index (χ1) is 15.3. The molecule has 0 unspecified atom stereocenters. The van der Waals surface area contributed by atoms with Gasteiger partial charge in [0.25, 0.3) is 10.0 Å².